The first-order chi connectivity index (χ1) is 13.1. The van der Waals surface area contributed by atoms with Crippen molar-refractivity contribution in [2.24, 2.45) is 10.7 Å². The fourth-order valence-corrected chi connectivity index (χ4v) is 3.15. The summed E-state index contributed by atoms with van der Waals surface area (Å²) in [6, 6.07) is 8.09. The standard InChI is InChI=1S/C20H19N7/c1-12-5-8-24-16-4-3-13(11-14(12)16)18-17(15(21)6-7-23-2)26-19(22)20-25-9-10-27(18)20/h3-11H,21H2,1-2H3,(H2,22,26). The number of hydrogen-bond donors (Lipinski definition) is 2. The van der Waals surface area contributed by atoms with Crippen LogP contribution in [0.4, 0.5) is 5.82 Å². The minimum Gasteiger partial charge on any atom is -0.397 e. The van der Waals surface area contributed by atoms with E-state index < -0.39 is 0 Å². The number of aryl methyl sites for hydroxylation is 1. The lowest BCUT2D eigenvalue weighted by molar-refractivity contribution is 1.12. The third kappa shape index (κ3) is 2.79. The zero-order chi connectivity index (χ0) is 19.0. The molecule has 0 saturated heterocycles. The number of fused-ring (bicyclic) bond motifs is 2. The van der Waals surface area contributed by atoms with Gasteiger partial charge >= 0.3 is 0 Å². The van der Waals surface area contributed by atoms with Gasteiger partial charge in [0, 0.05) is 42.8 Å². The highest BCUT2D eigenvalue weighted by Crippen LogP contribution is 2.31. The molecule has 4 N–H and O–H groups in total. The molecule has 4 rings (SSSR count). The van der Waals surface area contributed by atoms with E-state index in [1.54, 1.807) is 25.5 Å². The summed E-state index contributed by atoms with van der Waals surface area (Å²) in [5, 5.41) is 1.07. The van der Waals surface area contributed by atoms with Crippen LogP contribution in [0.15, 0.2) is 53.9 Å². The number of imidazole rings is 1. The van der Waals surface area contributed by atoms with Gasteiger partial charge in [0.2, 0.25) is 0 Å². The van der Waals surface area contributed by atoms with Crippen LogP contribution in [0.1, 0.15) is 11.3 Å². The summed E-state index contributed by atoms with van der Waals surface area (Å²) in [5.41, 5.74) is 17.9. The van der Waals surface area contributed by atoms with Crippen LogP contribution in [0.3, 0.4) is 0 Å². The summed E-state index contributed by atoms with van der Waals surface area (Å²) in [4.78, 5) is 17.2. The maximum Gasteiger partial charge on any atom is 0.180 e. The van der Waals surface area contributed by atoms with Crippen molar-refractivity contribution in [2.45, 2.75) is 6.92 Å². The van der Waals surface area contributed by atoms with E-state index in [1.807, 2.05) is 35.0 Å². The third-order valence-corrected chi connectivity index (χ3v) is 4.48. The lowest BCUT2D eigenvalue weighted by Gasteiger charge is -2.14. The van der Waals surface area contributed by atoms with E-state index in [1.165, 1.54) is 0 Å². The zero-order valence-corrected chi connectivity index (χ0v) is 15.1. The molecule has 3 aromatic heterocycles. The molecule has 0 aliphatic heterocycles. The monoisotopic (exact) mass is 357 g/mol. The normalized spacial score (nSPS) is 12.4. The molecule has 27 heavy (non-hydrogen) atoms. The van der Waals surface area contributed by atoms with Crippen molar-refractivity contribution in [3.63, 3.8) is 0 Å². The number of aliphatic imine (C=N–C) groups is 1. The summed E-state index contributed by atoms with van der Waals surface area (Å²) in [6.45, 7) is 2.06. The van der Waals surface area contributed by atoms with Gasteiger partial charge in [0.1, 0.15) is 5.69 Å². The molecule has 0 unspecified atom stereocenters. The van der Waals surface area contributed by atoms with E-state index in [4.69, 9.17) is 11.5 Å². The van der Waals surface area contributed by atoms with Gasteiger partial charge in [-0.3, -0.25) is 14.4 Å². The topological polar surface area (TPSA) is 107 Å². The van der Waals surface area contributed by atoms with Crippen LogP contribution in [0.2, 0.25) is 0 Å². The van der Waals surface area contributed by atoms with Gasteiger partial charge in [-0.2, -0.15) is 0 Å². The second-order valence-corrected chi connectivity index (χ2v) is 6.20. The number of nitrogens with two attached hydrogens (primary N) is 2. The van der Waals surface area contributed by atoms with E-state index in [-0.39, 0.29) is 0 Å². The van der Waals surface area contributed by atoms with Crippen LogP contribution >= 0.6 is 0 Å². The number of benzene rings is 1. The first-order valence-electron chi connectivity index (χ1n) is 8.46. The van der Waals surface area contributed by atoms with E-state index in [2.05, 4.69) is 32.9 Å². The van der Waals surface area contributed by atoms with Crippen molar-refractivity contribution in [1.29, 1.82) is 0 Å². The average molecular weight is 357 g/mol. The number of hydrogen-bond acceptors (Lipinski definition) is 6. The SMILES string of the molecule is CN=CC=C(N)c1nc(N)c2nccn2c1-c1ccc2nccc(C)c2c1. The number of nitrogen functional groups attached to an aromatic ring is 1. The van der Waals surface area contributed by atoms with Crippen LogP contribution in [0.25, 0.3) is 33.5 Å². The van der Waals surface area contributed by atoms with Crippen molar-refractivity contribution in [2.75, 3.05) is 12.8 Å². The molecular formula is C20H19N7. The molecule has 3 heterocycles. The van der Waals surface area contributed by atoms with Crippen molar-refractivity contribution in [3.05, 3.63) is 60.2 Å². The van der Waals surface area contributed by atoms with E-state index >= 15 is 0 Å². The average Bonchev–Trinajstić information content (AvgIpc) is 3.16. The summed E-state index contributed by atoms with van der Waals surface area (Å²) in [7, 11) is 1.69. The highest BCUT2D eigenvalue weighted by Gasteiger charge is 2.17. The van der Waals surface area contributed by atoms with Gasteiger partial charge < -0.3 is 11.5 Å². The first-order valence-corrected chi connectivity index (χ1v) is 8.46. The van der Waals surface area contributed by atoms with Gasteiger partial charge in [-0.05, 0) is 36.8 Å². The van der Waals surface area contributed by atoms with Gasteiger partial charge in [-0.1, -0.05) is 6.07 Å². The molecule has 0 bridgehead atoms. The Hall–Kier alpha value is -3.74. The molecule has 0 saturated carbocycles. The largest absolute Gasteiger partial charge is 0.397 e. The lowest BCUT2D eigenvalue weighted by atomic mass is 10.0. The van der Waals surface area contributed by atoms with E-state index in [9.17, 15) is 0 Å². The molecule has 7 heteroatoms. The second kappa shape index (κ2) is 6.53. The Morgan fingerprint density at radius 1 is 1.19 bits per heavy atom. The minimum absolute atomic E-state index is 0.321. The smallest absolute Gasteiger partial charge is 0.180 e. The van der Waals surface area contributed by atoms with Crippen LogP contribution in [-0.4, -0.2) is 32.6 Å². The van der Waals surface area contributed by atoms with Gasteiger partial charge in [-0.15, -0.1) is 0 Å². The quantitative estimate of drug-likeness (QED) is 0.548. The summed E-state index contributed by atoms with van der Waals surface area (Å²) in [6.07, 6.45) is 8.70. The Morgan fingerprint density at radius 3 is 2.85 bits per heavy atom. The molecule has 7 nitrogen and oxygen atoms in total. The van der Waals surface area contributed by atoms with Gasteiger partial charge in [0.15, 0.2) is 11.5 Å². The molecule has 134 valence electrons. The fraction of sp³-hybridized carbons (Fsp3) is 0.100. The second-order valence-electron chi connectivity index (χ2n) is 6.20. The maximum atomic E-state index is 6.30. The summed E-state index contributed by atoms with van der Waals surface area (Å²) >= 11 is 0. The van der Waals surface area contributed by atoms with Crippen LogP contribution in [0.5, 0.6) is 0 Å². The molecule has 0 spiro atoms. The van der Waals surface area contributed by atoms with Crippen molar-refractivity contribution in [3.8, 4) is 11.3 Å². The molecular weight excluding hydrogens is 338 g/mol. The molecule has 4 aromatic rings. The van der Waals surface area contributed by atoms with Crippen molar-refractivity contribution >= 4 is 34.3 Å². The van der Waals surface area contributed by atoms with Gasteiger partial charge in [0.05, 0.1) is 16.9 Å². The van der Waals surface area contributed by atoms with Gasteiger partial charge in [-0.25, -0.2) is 9.97 Å². The molecule has 0 amide bonds. The number of pyridine rings is 1. The van der Waals surface area contributed by atoms with Crippen LogP contribution in [-0.2, 0) is 0 Å². The number of aromatic nitrogens is 4. The Bertz CT molecular complexity index is 1220. The minimum atomic E-state index is 0.321. The number of allylic oxidation sites excluding steroid dienone is 1. The zero-order valence-electron chi connectivity index (χ0n) is 15.1. The Kier molecular flexibility index (Phi) is 4.04. The third-order valence-electron chi connectivity index (χ3n) is 4.48. The highest BCUT2D eigenvalue weighted by molar-refractivity contribution is 5.91. The molecule has 0 aliphatic rings. The van der Waals surface area contributed by atoms with Crippen LogP contribution in [0, 0.1) is 6.92 Å². The van der Waals surface area contributed by atoms with E-state index in [0.717, 1.165) is 27.7 Å². The summed E-state index contributed by atoms with van der Waals surface area (Å²) < 4.78 is 1.91. The fourth-order valence-electron chi connectivity index (χ4n) is 3.15. The predicted octanol–water partition coefficient (Wildman–Crippen LogP) is 2.84. The number of anilines is 1. The molecule has 0 atom stereocenters. The van der Waals surface area contributed by atoms with Gasteiger partial charge in [0.25, 0.3) is 0 Å². The molecule has 0 fully saturated rings. The summed E-state index contributed by atoms with van der Waals surface area (Å²) in [5.74, 6) is 0.321. The Morgan fingerprint density at radius 2 is 2.04 bits per heavy atom. The maximum absolute atomic E-state index is 6.30. The lowest BCUT2D eigenvalue weighted by Crippen LogP contribution is -2.09. The van der Waals surface area contributed by atoms with Crippen molar-refractivity contribution < 1.29 is 0 Å². The molecule has 0 radical (unpaired) electrons. The Balaban J connectivity index is 2.07. The molecule has 1 aromatic carbocycles. The molecule has 0 aliphatic carbocycles. The van der Waals surface area contributed by atoms with Crippen molar-refractivity contribution in [1.82, 2.24) is 19.4 Å². The number of nitrogens with zero attached hydrogens (tertiary/aromatic N) is 5. The Labute approximate surface area is 156 Å². The van der Waals surface area contributed by atoms with Crippen LogP contribution < -0.4 is 11.5 Å². The predicted molar refractivity (Wildman–Crippen MR) is 109 cm³/mol. The van der Waals surface area contributed by atoms with E-state index in [0.29, 0.717) is 22.9 Å². The highest BCUT2D eigenvalue weighted by atomic mass is 15.1. The number of rotatable bonds is 3. The first kappa shape index (κ1) is 16.7.